The van der Waals surface area contributed by atoms with E-state index in [-0.39, 0.29) is 5.91 Å². The summed E-state index contributed by atoms with van der Waals surface area (Å²) < 4.78 is 0. The molecule has 1 radical (unpaired) electrons. The van der Waals surface area contributed by atoms with Crippen molar-refractivity contribution in [2.75, 3.05) is 20.1 Å². The zero-order chi connectivity index (χ0) is 8.97. The quantitative estimate of drug-likeness (QED) is 0.639. The van der Waals surface area contributed by atoms with Gasteiger partial charge < -0.3 is 10.2 Å². The first kappa shape index (κ1) is 8.84. The first-order chi connectivity index (χ1) is 5.74. The van der Waals surface area contributed by atoms with E-state index in [4.69, 9.17) is 0 Å². The second-order valence-electron chi connectivity index (χ2n) is 2.68. The van der Waals surface area contributed by atoms with E-state index in [9.17, 15) is 4.79 Å². The number of carbonyl (C=O) groups is 1. The van der Waals surface area contributed by atoms with Crippen LogP contribution in [-0.2, 0) is 4.79 Å². The number of amides is 1. The SMILES string of the molecule is [CH2]CNC(=O)C1=CN(C)CC=C1. The molecule has 1 aliphatic heterocycles. The molecule has 1 N–H and O–H groups in total. The van der Waals surface area contributed by atoms with Crippen LogP contribution in [0, 0.1) is 6.92 Å². The fourth-order valence-corrected chi connectivity index (χ4v) is 1.03. The first-order valence-corrected chi connectivity index (χ1v) is 3.90. The summed E-state index contributed by atoms with van der Waals surface area (Å²) in [4.78, 5) is 13.2. The molecule has 0 aromatic heterocycles. The minimum absolute atomic E-state index is 0.0622. The summed E-state index contributed by atoms with van der Waals surface area (Å²) in [6, 6.07) is 0. The normalized spacial score (nSPS) is 15.8. The van der Waals surface area contributed by atoms with Crippen molar-refractivity contribution in [1.29, 1.82) is 0 Å². The van der Waals surface area contributed by atoms with Gasteiger partial charge in [-0.05, 0) is 6.92 Å². The number of hydrogen-bond acceptors (Lipinski definition) is 2. The maximum Gasteiger partial charge on any atom is 0.252 e. The molecule has 1 heterocycles. The maximum absolute atomic E-state index is 11.2. The summed E-state index contributed by atoms with van der Waals surface area (Å²) in [5, 5.41) is 2.64. The Kier molecular flexibility index (Phi) is 2.91. The van der Waals surface area contributed by atoms with Gasteiger partial charge in [0.15, 0.2) is 0 Å². The molecule has 0 fully saturated rings. The van der Waals surface area contributed by atoms with Gasteiger partial charge in [-0.2, -0.15) is 0 Å². The molecule has 0 unspecified atom stereocenters. The standard InChI is InChI=1S/C9H13N2O/c1-3-10-9(12)8-5-4-6-11(2)7-8/h4-5,7H,1,3,6H2,2H3,(H,10,12). The Bertz CT molecular complexity index is 231. The van der Waals surface area contributed by atoms with E-state index < -0.39 is 0 Å². The molecule has 12 heavy (non-hydrogen) atoms. The third kappa shape index (κ3) is 2.12. The lowest BCUT2D eigenvalue weighted by molar-refractivity contribution is -0.117. The predicted molar refractivity (Wildman–Crippen MR) is 48.2 cm³/mol. The van der Waals surface area contributed by atoms with E-state index in [2.05, 4.69) is 12.2 Å². The summed E-state index contributed by atoms with van der Waals surface area (Å²) in [5.74, 6) is -0.0622. The van der Waals surface area contributed by atoms with E-state index in [0.717, 1.165) is 6.54 Å². The molecule has 0 aromatic carbocycles. The van der Waals surface area contributed by atoms with Crippen LogP contribution in [0.4, 0.5) is 0 Å². The van der Waals surface area contributed by atoms with Crippen molar-refractivity contribution in [1.82, 2.24) is 10.2 Å². The van der Waals surface area contributed by atoms with Crippen molar-refractivity contribution in [3.05, 3.63) is 30.8 Å². The zero-order valence-electron chi connectivity index (χ0n) is 7.21. The third-order valence-corrected chi connectivity index (χ3v) is 1.60. The summed E-state index contributed by atoms with van der Waals surface area (Å²) in [5.41, 5.74) is 0.687. The van der Waals surface area contributed by atoms with Crippen molar-refractivity contribution in [3.63, 3.8) is 0 Å². The molecule has 1 aliphatic rings. The van der Waals surface area contributed by atoms with E-state index in [1.54, 1.807) is 0 Å². The third-order valence-electron chi connectivity index (χ3n) is 1.60. The zero-order valence-corrected chi connectivity index (χ0v) is 7.21. The van der Waals surface area contributed by atoms with Crippen LogP contribution in [0.5, 0.6) is 0 Å². The van der Waals surface area contributed by atoms with E-state index in [1.165, 1.54) is 0 Å². The van der Waals surface area contributed by atoms with Gasteiger partial charge in [0.2, 0.25) is 0 Å². The average Bonchev–Trinajstić information content (AvgIpc) is 2.05. The Balaban J connectivity index is 2.61. The minimum Gasteiger partial charge on any atom is -0.376 e. The Morgan fingerprint density at radius 1 is 1.83 bits per heavy atom. The summed E-state index contributed by atoms with van der Waals surface area (Å²) >= 11 is 0. The lowest BCUT2D eigenvalue weighted by atomic mass is 10.2. The van der Waals surface area contributed by atoms with Gasteiger partial charge in [-0.3, -0.25) is 4.79 Å². The molecule has 0 atom stereocenters. The van der Waals surface area contributed by atoms with Crippen molar-refractivity contribution >= 4 is 5.91 Å². The molecule has 1 amide bonds. The second-order valence-corrected chi connectivity index (χ2v) is 2.68. The molecule has 0 bridgehead atoms. The highest BCUT2D eigenvalue weighted by atomic mass is 16.1. The number of nitrogens with one attached hydrogen (secondary N) is 1. The lowest BCUT2D eigenvalue weighted by Crippen LogP contribution is -2.27. The smallest absolute Gasteiger partial charge is 0.252 e. The molecule has 0 spiro atoms. The highest BCUT2D eigenvalue weighted by molar-refractivity contribution is 5.96. The topological polar surface area (TPSA) is 32.3 Å². The first-order valence-electron chi connectivity index (χ1n) is 3.90. The Morgan fingerprint density at radius 3 is 3.17 bits per heavy atom. The molecule has 0 saturated heterocycles. The van der Waals surface area contributed by atoms with Crippen LogP contribution in [0.15, 0.2) is 23.9 Å². The minimum atomic E-state index is -0.0622. The van der Waals surface area contributed by atoms with Gasteiger partial charge in [0, 0.05) is 26.3 Å². The van der Waals surface area contributed by atoms with Crippen LogP contribution in [0.3, 0.4) is 0 Å². The largest absolute Gasteiger partial charge is 0.376 e. The molecule has 0 saturated carbocycles. The number of carbonyl (C=O) groups excluding carboxylic acids is 1. The Morgan fingerprint density at radius 2 is 2.58 bits per heavy atom. The summed E-state index contributed by atoms with van der Waals surface area (Å²) in [6.45, 7) is 4.83. The molecular formula is C9H13N2O. The van der Waals surface area contributed by atoms with Gasteiger partial charge in [0.25, 0.3) is 5.91 Å². The molecule has 0 aliphatic carbocycles. The monoisotopic (exact) mass is 165 g/mol. The number of hydrogen-bond donors (Lipinski definition) is 1. The predicted octanol–water partition coefficient (Wildman–Crippen LogP) is 0.322. The van der Waals surface area contributed by atoms with Gasteiger partial charge in [-0.15, -0.1) is 0 Å². The fraction of sp³-hybridized carbons (Fsp3) is 0.333. The van der Waals surface area contributed by atoms with Gasteiger partial charge in [-0.25, -0.2) is 0 Å². The van der Waals surface area contributed by atoms with Crippen molar-refractivity contribution in [2.24, 2.45) is 0 Å². The van der Waals surface area contributed by atoms with Crippen LogP contribution in [-0.4, -0.2) is 30.9 Å². The second kappa shape index (κ2) is 3.95. The molecule has 65 valence electrons. The van der Waals surface area contributed by atoms with Crippen LogP contribution in [0.2, 0.25) is 0 Å². The van der Waals surface area contributed by atoms with E-state index in [1.807, 2.05) is 30.3 Å². The van der Waals surface area contributed by atoms with Crippen molar-refractivity contribution in [2.45, 2.75) is 0 Å². The summed E-state index contributed by atoms with van der Waals surface area (Å²) in [6.07, 6.45) is 5.61. The van der Waals surface area contributed by atoms with Crippen LogP contribution in [0.25, 0.3) is 0 Å². The van der Waals surface area contributed by atoms with Crippen LogP contribution >= 0.6 is 0 Å². The highest BCUT2D eigenvalue weighted by Crippen LogP contribution is 2.04. The molecule has 0 aromatic rings. The van der Waals surface area contributed by atoms with Gasteiger partial charge in [0.1, 0.15) is 0 Å². The van der Waals surface area contributed by atoms with E-state index in [0.29, 0.717) is 12.1 Å². The molecular weight excluding hydrogens is 152 g/mol. The number of rotatable bonds is 2. The number of likely N-dealkylation sites (N-methyl/N-ethyl adjacent to an activating group) is 1. The van der Waals surface area contributed by atoms with Gasteiger partial charge >= 0.3 is 0 Å². The maximum atomic E-state index is 11.2. The molecule has 3 nitrogen and oxygen atoms in total. The summed E-state index contributed by atoms with van der Waals surface area (Å²) in [7, 11) is 1.93. The lowest BCUT2D eigenvalue weighted by Gasteiger charge is -2.16. The molecule has 1 rings (SSSR count). The Labute approximate surface area is 72.7 Å². The van der Waals surface area contributed by atoms with Crippen LogP contribution < -0.4 is 5.32 Å². The average molecular weight is 165 g/mol. The van der Waals surface area contributed by atoms with Crippen LogP contribution in [0.1, 0.15) is 0 Å². The Hall–Kier alpha value is -1.25. The van der Waals surface area contributed by atoms with Crippen molar-refractivity contribution < 1.29 is 4.79 Å². The van der Waals surface area contributed by atoms with Gasteiger partial charge in [-0.1, -0.05) is 12.2 Å². The van der Waals surface area contributed by atoms with Gasteiger partial charge in [0.05, 0.1) is 5.57 Å². The number of nitrogens with zero attached hydrogens (tertiary/aromatic N) is 1. The van der Waals surface area contributed by atoms with Crippen molar-refractivity contribution in [3.8, 4) is 0 Å². The fourth-order valence-electron chi connectivity index (χ4n) is 1.03. The van der Waals surface area contributed by atoms with E-state index >= 15 is 0 Å². The highest BCUT2D eigenvalue weighted by Gasteiger charge is 2.08. The molecule has 3 heteroatoms.